The quantitative estimate of drug-likeness (QED) is 0.447. The van der Waals surface area contributed by atoms with E-state index in [0.717, 1.165) is 37.2 Å². The number of thiocarbonyl (C=S) groups is 1. The molecule has 0 bridgehead atoms. The number of anilines is 1. The Kier molecular flexibility index (Phi) is 7.46. The lowest BCUT2D eigenvalue weighted by atomic mass is 10.2. The van der Waals surface area contributed by atoms with Gasteiger partial charge in [-0.2, -0.15) is 10.4 Å². The van der Waals surface area contributed by atoms with Crippen LogP contribution in [0, 0.1) is 11.3 Å². The molecule has 0 saturated carbocycles. The van der Waals surface area contributed by atoms with Crippen molar-refractivity contribution in [3.8, 4) is 6.07 Å². The number of hydrogen-bond donors (Lipinski definition) is 2. The number of hydrogen-bond acceptors (Lipinski definition) is 5. The fourth-order valence-electron chi connectivity index (χ4n) is 2.38. The van der Waals surface area contributed by atoms with Gasteiger partial charge < -0.3 is 15.0 Å². The van der Waals surface area contributed by atoms with E-state index in [1.165, 1.54) is 0 Å². The molecule has 0 spiro atoms. The lowest BCUT2D eigenvalue weighted by Gasteiger charge is -2.17. The van der Waals surface area contributed by atoms with Crippen molar-refractivity contribution >= 4 is 29.2 Å². The highest BCUT2D eigenvalue weighted by molar-refractivity contribution is 7.80. The largest absolute Gasteiger partial charge is 0.376 e. The normalized spacial score (nSPS) is 16.8. The van der Waals surface area contributed by atoms with E-state index in [0.29, 0.717) is 18.1 Å². The van der Waals surface area contributed by atoms with Gasteiger partial charge in [-0.1, -0.05) is 12.1 Å². The van der Waals surface area contributed by atoms with E-state index in [2.05, 4.69) is 21.9 Å². The molecule has 1 fully saturated rings. The Balaban J connectivity index is 1.73. The molecule has 0 unspecified atom stereocenters. The average Bonchev–Trinajstić information content (AvgIpc) is 3.12. The summed E-state index contributed by atoms with van der Waals surface area (Å²) in [5.41, 5.74) is 4.86. The van der Waals surface area contributed by atoms with Crippen molar-refractivity contribution in [2.75, 3.05) is 31.6 Å². The van der Waals surface area contributed by atoms with Gasteiger partial charge in [0.05, 0.1) is 24.8 Å². The fraction of sp³-hybridized carbons (Fsp3) is 0.471. The second-order valence-corrected chi connectivity index (χ2v) is 6.04. The highest BCUT2D eigenvalue weighted by atomic mass is 32.1. The number of benzene rings is 1. The lowest BCUT2D eigenvalue weighted by Crippen LogP contribution is -2.37. The molecule has 1 aromatic carbocycles. The zero-order valence-corrected chi connectivity index (χ0v) is 14.7. The zero-order valence-electron chi connectivity index (χ0n) is 13.9. The van der Waals surface area contributed by atoms with Gasteiger partial charge in [0.2, 0.25) is 0 Å². The van der Waals surface area contributed by atoms with E-state index in [4.69, 9.17) is 22.2 Å². The Morgan fingerprint density at radius 1 is 1.50 bits per heavy atom. The van der Waals surface area contributed by atoms with Crippen LogP contribution in [0.4, 0.5) is 5.69 Å². The summed E-state index contributed by atoms with van der Waals surface area (Å²) in [6, 6.07) is 10.1. The first-order valence-electron chi connectivity index (χ1n) is 8.05. The van der Waals surface area contributed by atoms with Crippen LogP contribution in [-0.4, -0.2) is 44.2 Å². The minimum atomic E-state index is 0.249. The summed E-state index contributed by atoms with van der Waals surface area (Å²) in [5.74, 6) is 0. The first-order valence-corrected chi connectivity index (χ1v) is 8.46. The van der Waals surface area contributed by atoms with Gasteiger partial charge >= 0.3 is 0 Å². The maximum atomic E-state index is 8.62. The average molecular weight is 345 g/mol. The molecular weight excluding hydrogens is 322 g/mol. The van der Waals surface area contributed by atoms with Crippen LogP contribution in [0.3, 0.4) is 0 Å². The summed E-state index contributed by atoms with van der Waals surface area (Å²) in [4.78, 5) is 2.05. The molecule has 1 atom stereocenters. The summed E-state index contributed by atoms with van der Waals surface area (Å²) in [6.07, 6.45) is 4.68. The van der Waals surface area contributed by atoms with E-state index < -0.39 is 0 Å². The number of nitrogens with one attached hydrogen (secondary N) is 2. The van der Waals surface area contributed by atoms with Crippen molar-refractivity contribution in [2.24, 2.45) is 5.10 Å². The lowest BCUT2D eigenvalue weighted by molar-refractivity contribution is 0.114. The third kappa shape index (κ3) is 6.14. The molecule has 1 aromatic rings. The second-order valence-electron chi connectivity index (χ2n) is 5.64. The summed E-state index contributed by atoms with van der Waals surface area (Å²) in [5, 5.41) is 16.4. The molecule has 0 amide bonds. The molecule has 2 rings (SSSR count). The molecule has 0 aromatic heterocycles. The molecule has 6 nitrogen and oxygen atoms in total. The van der Waals surface area contributed by atoms with Gasteiger partial charge in [0.1, 0.15) is 0 Å². The van der Waals surface area contributed by atoms with Crippen molar-refractivity contribution in [2.45, 2.75) is 25.4 Å². The maximum Gasteiger partial charge on any atom is 0.187 e. The summed E-state index contributed by atoms with van der Waals surface area (Å²) < 4.78 is 5.52. The van der Waals surface area contributed by atoms with Crippen molar-refractivity contribution in [3.63, 3.8) is 0 Å². The minimum absolute atomic E-state index is 0.249. The number of hydrazone groups is 1. The monoisotopic (exact) mass is 345 g/mol. The number of rotatable bonds is 7. The Morgan fingerprint density at radius 2 is 2.29 bits per heavy atom. The topological polar surface area (TPSA) is 72.7 Å². The van der Waals surface area contributed by atoms with Gasteiger partial charge in [-0.15, -0.1) is 0 Å². The smallest absolute Gasteiger partial charge is 0.187 e. The van der Waals surface area contributed by atoms with Gasteiger partial charge in [0.25, 0.3) is 0 Å². The summed E-state index contributed by atoms with van der Waals surface area (Å²) in [7, 11) is 1.97. The molecule has 2 N–H and O–H groups in total. The van der Waals surface area contributed by atoms with Crippen LogP contribution >= 0.6 is 12.2 Å². The highest BCUT2D eigenvalue weighted by Crippen LogP contribution is 2.13. The van der Waals surface area contributed by atoms with Gasteiger partial charge in [-0.25, -0.2) is 0 Å². The third-order valence-corrected chi connectivity index (χ3v) is 4.02. The first-order chi connectivity index (χ1) is 11.7. The Bertz CT molecular complexity index is 590. The number of nitriles is 1. The van der Waals surface area contributed by atoms with Crippen LogP contribution in [0.1, 0.15) is 24.8 Å². The fourth-order valence-corrected chi connectivity index (χ4v) is 2.51. The molecular formula is C17H23N5OS. The van der Waals surface area contributed by atoms with E-state index in [1.807, 2.05) is 36.2 Å². The summed E-state index contributed by atoms with van der Waals surface area (Å²) in [6.45, 7) is 2.27. The van der Waals surface area contributed by atoms with Gasteiger partial charge in [-0.05, 0) is 42.8 Å². The third-order valence-electron chi connectivity index (χ3n) is 3.79. The maximum absolute atomic E-state index is 8.62. The Labute approximate surface area is 148 Å². The van der Waals surface area contributed by atoms with Crippen LogP contribution in [-0.2, 0) is 4.74 Å². The number of ether oxygens (including phenoxy) is 1. The van der Waals surface area contributed by atoms with Gasteiger partial charge in [0, 0.05) is 32.4 Å². The van der Waals surface area contributed by atoms with Crippen LogP contribution < -0.4 is 15.6 Å². The first kappa shape index (κ1) is 18.2. The van der Waals surface area contributed by atoms with E-state index >= 15 is 0 Å². The van der Waals surface area contributed by atoms with Crippen LogP contribution in [0.2, 0.25) is 0 Å². The minimum Gasteiger partial charge on any atom is -0.376 e. The Hall–Kier alpha value is -2.17. The van der Waals surface area contributed by atoms with Crippen LogP contribution in [0.5, 0.6) is 0 Å². The molecule has 1 saturated heterocycles. The van der Waals surface area contributed by atoms with E-state index in [-0.39, 0.29) is 6.10 Å². The molecule has 1 aliphatic rings. The predicted molar refractivity (Wildman–Crippen MR) is 100 cm³/mol. The summed E-state index contributed by atoms with van der Waals surface area (Å²) >= 11 is 5.18. The van der Waals surface area contributed by atoms with Crippen molar-refractivity contribution in [3.05, 3.63) is 29.8 Å². The molecule has 1 heterocycles. The SMILES string of the molecule is CN(CCC#N)c1ccc(/C=N\NC(=S)NC[C@@H]2CCCO2)cc1. The molecule has 0 radical (unpaired) electrons. The predicted octanol–water partition coefficient (Wildman–Crippen LogP) is 2.01. The van der Waals surface area contributed by atoms with E-state index in [9.17, 15) is 0 Å². The van der Waals surface area contributed by atoms with Crippen molar-refractivity contribution in [1.82, 2.24) is 10.7 Å². The van der Waals surface area contributed by atoms with Gasteiger partial charge in [-0.3, -0.25) is 5.43 Å². The van der Waals surface area contributed by atoms with Crippen molar-refractivity contribution in [1.29, 1.82) is 5.26 Å². The van der Waals surface area contributed by atoms with Crippen LogP contribution in [0.25, 0.3) is 0 Å². The van der Waals surface area contributed by atoms with E-state index in [1.54, 1.807) is 6.21 Å². The zero-order chi connectivity index (χ0) is 17.2. The highest BCUT2D eigenvalue weighted by Gasteiger charge is 2.14. The molecule has 128 valence electrons. The molecule has 24 heavy (non-hydrogen) atoms. The molecule has 1 aliphatic heterocycles. The second kappa shape index (κ2) is 9.85. The standard InChI is InChI=1S/C17H23N5OS/c1-22(10-3-9-18)15-7-5-14(6-8-15)12-20-21-17(24)19-13-16-4-2-11-23-16/h5-8,12,16H,2-4,10-11,13H2,1H3,(H2,19,21,24)/b20-12-/t16-/m0/s1. The number of nitrogens with zero attached hydrogens (tertiary/aromatic N) is 3. The Morgan fingerprint density at radius 3 is 2.96 bits per heavy atom. The van der Waals surface area contributed by atoms with Gasteiger partial charge in [0.15, 0.2) is 5.11 Å². The molecule has 7 heteroatoms. The van der Waals surface area contributed by atoms with Crippen molar-refractivity contribution < 1.29 is 4.74 Å². The van der Waals surface area contributed by atoms with Crippen LogP contribution in [0.15, 0.2) is 29.4 Å². The molecule has 0 aliphatic carbocycles.